The van der Waals surface area contributed by atoms with Crippen molar-refractivity contribution in [1.82, 2.24) is 29.7 Å². The maximum Gasteiger partial charge on any atom is 0.358 e. The van der Waals surface area contributed by atoms with Crippen LogP contribution in [-0.2, 0) is 0 Å². The fourth-order valence-corrected chi connectivity index (χ4v) is 3.69. The Morgan fingerprint density at radius 2 is 1.75 bits per heavy atom. The molecule has 4 aromatic rings. The number of carbonyl (C=O) groups is 2. The predicted molar refractivity (Wildman–Crippen MR) is 116 cm³/mol. The van der Waals surface area contributed by atoms with Crippen molar-refractivity contribution in [1.29, 1.82) is 0 Å². The van der Waals surface area contributed by atoms with Crippen LogP contribution in [0.4, 0.5) is 0 Å². The van der Waals surface area contributed by atoms with Gasteiger partial charge in [0, 0.05) is 23.7 Å². The van der Waals surface area contributed by atoms with Gasteiger partial charge in [0.1, 0.15) is 5.69 Å². The Kier molecular flexibility index (Phi) is 4.95. The van der Waals surface area contributed by atoms with Crippen LogP contribution >= 0.6 is 11.6 Å². The highest BCUT2D eigenvalue weighted by atomic mass is 35.5. The van der Waals surface area contributed by atoms with Gasteiger partial charge in [-0.05, 0) is 30.3 Å². The van der Waals surface area contributed by atoms with Gasteiger partial charge in [-0.25, -0.2) is 14.2 Å². The van der Waals surface area contributed by atoms with E-state index in [9.17, 15) is 9.59 Å². The molecular formula is C22H17ClN6O3. The molecule has 1 saturated heterocycles. The first-order valence-corrected chi connectivity index (χ1v) is 10.2. The zero-order valence-corrected chi connectivity index (χ0v) is 17.4. The number of aromatic carboxylic acids is 1. The average Bonchev–Trinajstić information content (AvgIpc) is 3.42. The Morgan fingerprint density at radius 1 is 1.03 bits per heavy atom. The van der Waals surface area contributed by atoms with Crippen molar-refractivity contribution in [2.24, 2.45) is 0 Å². The highest BCUT2D eigenvalue weighted by Gasteiger charge is 2.35. The van der Waals surface area contributed by atoms with Gasteiger partial charge in [0.05, 0.1) is 23.6 Å². The molecule has 1 N–H and O–H groups in total. The summed E-state index contributed by atoms with van der Waals surface area (Å²) in [4.78, 5) is 26.0. The van der Waals surface area contributed by atoms with E-state index in [1.165, 1.54) is 10.9 Å². The topological polar surface area (TPSA) is 106 Å². The van der Waals surface area contributed by atoms with Crippen LogP contribution in [0.25, 0.3) is 16.9 Å². The van der Waals surface area contributed by atoms with Crippen molar-refractivity contribution < 1.29 is 14.7 Å². The molecule has 0 aliphatic carbocycles. The van der Waals surface area contributed by atoms with E-state index in [4.69, 9.17) is 16.7 Å². The maximum absolute atomic E-state index is 13.3. The highest BCUT2D eigenvalue weighted by Crippen LogP contribution is 2.27. The number of rotatable bonds is 5. The molecule has 0 bridgehead atoms. The van der Waals surface area contributed by atoms with Gasteiger partial charge in [-0.15, -0.1) is 5.10 Å². The molecule has 10 heteroatoms. The lowest BCUT2D eigenvalue weighted by atomic mass is 10.1. The number of carbonyl (C=O) groups excluding carboxylic acids is 1. The number of nitrogens with zero attached hydrogens (tertiary/aromatic N) is 6. The molecule has 1 aliphatic heterocycles. The molecule has 3 heterocycles. The highest BCUT2D eigenvalue weighted by molar-refractivity contribution is 6.30. The third-order valence-corrected chi connectivity index (χ3v) is 5.57. The molecule has 0 atom stereocenters. The minimum absolute atomic E-state index is 0.121. The molecule has 1 fully saturated rings. The predicted octanol–water partition coefficient (Wildman–Crippen LogP) is 3.18. The number of hydrogen-bond acceptors (Lipinski definition) is 5. The third-order valence-electron chi connectivity index (χ3n) is 5.32. The molecule has 32 heavy (non-hydrogen) atoms. The number of carboxylic acids is 1. The van der Waals surface area contributed by atoms with Crippen molar-refractivity contribution in [3.63, 3.8) is 0 Å². The number of halogens is 1. The SMILES string of the molecule is O=C(O)c1cn(C2CN(C(=O)c3cc(-c4ccc(Cl)cc4)nn3-c3ccccc3)C2)nn1. The minimum Gasteiger partial charge on any atom is -0.476 e. The van der Waals surface area contributed by atoms with Crippen LogP contribution in [0.5, 0.6) is 0 Å². The molecule has 1 amide bonds. The first-order valence-electron chi connectivity index (χ1n) is 9.85. The van der Waals surface area contributed by atoms with E-state index < -0.39 is 5.97 Å². The number of hydrogen-bond donors (Lipinski definition) is 1. The average molecular weight is 449 g/mol. The lowest BCUT2D eigenvalue weighted by Crippen LogP contribution is -2.51. The van der Waals surface area contributed by atoms with Gasteiger partial charge in [0.2, 0.25) is 0 Å². The molecule has 5 rings (SSSR count). The molecule has 9 nitrogen and oxygen atoms in total. The molecule has 0 unspecified atom stereocenters. The van der Waals surface area contributed by atoms with E-state index in [2.05, 4.69) is 15.4 Å². The lowest BCUT2D eigenvalue weighted by Gasteiger charge is -2.38. The maximum atomic E-state index is 13.3. The van der Waals surface area contributed by atoms with Crippen molar-refractivity contribution in [3.8, 4) is 16.9 Å². The monoisotopic (exact) mass is 448 g/mol. The second-order valence-corrected chi connectivity index (χ2v) is 7.86. The first kappa shape index (κ1) is 20.0. The van der Waals surface area contributed by atoms with Crippen LogP contribution < -0.4 is 0 Å². The molecular weight excluding hydrogens is 432 g/mol. The summed E-state index contributed by atoms with van der Waals surface area (Å²) >= 11 is 6.00. The Labute approximate surface area is 187 Å². The van der Waals surface area contributed by atoms with E-state index >= 15 is 0 Å². The summed E-state index contributed by atoms with van der Waals surface area (Å²) in [6.07, 6.45) is 1.38. The third kappa shape index (κ3) is 3.63. The van der Waals surface area contributed by atoms with Crippen molar-refractivity contribution in [2.45, 2.75) is 6.04 Å². The van der Waals surface area contributed by atoms with Crippen molar-refractivity contribution in [3.05, 3.63) is 83.3 Å². The quantitative estimate of drug-likeness (QED) is 0.502. The van der Waals surface area contributed by atoms with Crippen LogP contribution in [0.3, 0.4) is 0 Å². The Morgan fingerprint density at radius 3 is 2.41 bits per heavy atom. The zero-order chi connectivity index (χ0) is 22.2. The van der Waals surface area contributed by atoms with Crippen LogP contribution in [0.1, 0.15) is 27.0 Å². The number of amides is 1. The normalized spacial score (nSPS) is 13.7. The van der Waals surface area contributed by atoms with Crippen LogP contribution in [0.2, 0.25) is 5.02 Å². The standard InChI is InChI=1S/C22H17ClN6O3/c23-15-8-6-14(7-9-15)18-10-20(29(25-18)16-4-2-1-3-5-16)21(30)27-11-17(12-27)28-13-19(22(31)32)24-26-28/h1-10,13,17H,11-12H2,(H,31,32). The van der Waals surface area contributed by atoms with Crippen LogP contribution in [0.15, 0.2) is 66.9 Å². The molecule has 0 saturated carbocycles. The number of aromatic nitrogens is 5. The summed E-state index contributed by atoms with van der Waals surface area (Å²) in [6.45, 7) is 0.801. The van der Waals surface area contributed by atoms with Gasteiger partial charge in [0.25, 0.3) is 5.91 Å². The number of carboxylic acid groups (broad SMARTS) is 1. The summed E-state index contributed by atoms with van der Waals surface area (Å²) in [5, 5.41) is 21.8. The molecule has 2 aromatic heterocycles. The first-order chi connectivity index (χ1) is 15.5. The van der Waals surface area contributed by atoms with Gasteiger partial charge in [0.15, 0.2) is 5.69 Å². The number of benzene rings is 2. The van der Waals surface area contributed by atoms with Gasteiger partial charge in [-0.3, -0.25) is 4.79 Å². The van der Waals surface area contributed by atoms with Gasteiger partial charge in [-0.1, -0.05) is 47.1 Å². The van der Waals surface area contributed by atoms with E-state index in [1.807, 2.05) is 42.5 Å². The second-order valence-electron chi connectivity index (χ2n) is 7.42. The Balaban J connectivity index is 1.42. The van der Waals surface area contributed by atoms with E-state index in [-0.39, 0.29) is 17.6 Å². The largest absolute Gasteiger partial charge is 0.476 e. The summed E-state index contributed by atoms with van der Waals surface area (Å²) in [7, 11) is 0. The summed E-state index contributed by atoms with van der Waals surface area (Å²) in [5.41, 5.74) is 2.60. The van der Waals surface area contributed by atoms with Crippen LogP contribution in [0, 0.1) is 0 Å². The molecule has 1 aliphatic rings. The van der Waals surface area contributed by atoms with E-state index in [0.717, 1.165) is 11.3 Å². The van der Waals surface area contributed by atoms with Gasteiger partial charge >= 0.3 is 5.97 Å². The summed E-state index contributed by atoms with van der Waals surface area (Å²) < 4.78 is 3.12. The molecule has 2 aromatic carbocycles. The smallest absolute Gasteiger partial charge is 0.358 e. The molecule has 160 valence electrons. The Hall–Kier alpha value is -3.98. The van der Waals surface area contributed by atoms with Crippen LogP contribution in [-0.4, -0.2) is 59.7 Å². The second kappa shape index (κ2) is 7.93. The van der Waals surface area contributed by atoms with E-state index in [0.29, 0.717) is 29.5 Å². The van der Waals surface area contributed by atoms with Crippen molar-refractivity contribution in [2.75, 3.05) is 13.1 Å². The fraction of sp³-hybridized carbons (Fsp3) is 0.136. The fourth-order valence-electron chi connectivity index (χ4n) is 3.56. The summed E-state index contributed by atoms with van der Waals surface area (Å²) in [5.74, 6) is -1.30. The van der Waals surface area contributed by atoms with E-state index in [1.54, 1.807) is 27.8 Å². The number of likely N-dealkylation sites (tertiary alicyclic amines) is 1. The number of para-hydroxylation sites is 1. The summed E-state index contributed by atoms with van der Waals surface area (Å²) in [6, 6.07) is 18.4. The zero-order valence-electron chi connectivity index (χ0n) is 16.7. The van der Waals surface area contributed by atoms with Gasteiger partial charge < -0.3 is 10.0 Å². The minimum atomic E-state index is -1.13. The molecule has 0 spiro atoms. The lowest BCUT2D eigenvalue weighted by molar-refractivity contribution is 0.0488. The Bertz CT molecular complexity index is 1290. The van der Waals surface area contributed by atoms with Crippen molar-refractivity contribution >= 4 is 23.5 Å². The van der Waals surface area contributed by atoms with Gasteiger partial charge in [-0.2, -0.15) is 5.10 Å². The molecule has 0 radical (unpaired) electrons.